The van der Waals surface area contributed by atoms with Gasteiger partial charge in [0.25, 0.3) is 0 Å². The summed E-state index contributed by atoms with van der Waals surface area (Å²) >= 11 is 0. The van der Waals surface area contributed by atoms with Gasteiger partial charge in [-0.05, 0) is 38.6 Å². The molecule has 0 radical (unpaired) electrons. The van der Waals surface area contributed by atoms with E-state index in [1.165, 1.54) is 25.7 Å². The highest BCUT2D eigenvalue weighted by atomic mass is 16.2. The lowest BCUT2D eigenvalue weighted by molar-refractivity contribution is -0.136. The average molecular weight is 210 g/mol. The van der Waals surface area contributed by atoms with Crippen molar-refractivity contribution < 1.29 is 4.79 Å². The third kappa shape index (κ3) is 2.51. The molecule has 2 rings (SSSR count). The first-order valence-electron chi connectivity index (χ1n) is 6.27. The summed E-state index contributed by atoms with van der Waals surface area (Å²) in [7, 11) is 1.89. The Hall–Kier alpha value is -0.570. The van der Waals surface area contributed by atoms with Crippen LogP contribution in [0.5, 0.6) is 0 Å². The van der Waals surface area contributed by atoms with Crippen molar-refractivity contribution in [2.75, 3.05) is 20.1 Å². The van der Waals surface area contributed by atoms with Crippen molar-refractivity contribution >= 4 is 5.91 Å². The van der Waals surface area contributed by atoms with Crippen LogP contribution in [0.2, 0.25) is 0 Å². The van der Waals surface area contributed by atoms with E-state index in [0.29, 0.717) is 5.91 Å². The SMILES string of the molecule is CNC1CCCN(CC2CCCC2)C1=O. The Morgan fingerprint density at radius 1 is 1.27 bits per heavy atom. The Labute approximate surface area is 92.2 Å². The molecule has 1 N–H and O–H groups in total. The average Bonchev–Trinajstić information content (AvgIpc) is 2.74. The molecule has 3 nitrogen and oxygen atoms in total. The summed E-state index contributed by atoms with van der Waals surface area (Å²) in [5, 5.41) is 3.12. The fourth-order valence-electron chi connectivity index (χ4n) is 2.89. The molecule has 0 aromatic heterocycles. The molecule has 1 aliphatic heterocycles. The molecule has 86 valence electrons. The van der Waals surface area contributed by atoms with Crippen LogP contribution in [-0.4, -0.2) is 37.0 Å². The first kappa shape index (κ1) is 10.9. The van der Waals surface area contributed by atoms with E-state index in [9.17, 15) is 4.79 Å². The van der Waals surface area contributed by atoms with Crippen molar-refractivity contribution in [3.05, 3.63) is 0 Å². The number of hydrogen-bond acceptors (Lipinski definition) is 2. The minimum Gasteiger partial charge on any atom is -0.341 e. The van der Waals surface area contributed by atoms with Gasteiger partial charge in [-0.15, -0.1) is 0 Å². The number of likely N-dealkylation sites (N-methyl/N-ethyl adjacent to an activating group) is 1. The fourth-order valence-corrected chi connectivity index (χ4v) is 2.89. The zero-order chi connectivity index (χ0) is 10.7. The van der Waals surface area contributed by atoms with Crippen molar-refractivity contribution in [2.24, 2.45) is 5.92 Å². The van der Waals surface area contributed by atoms with E-state index in [1.54, 1.807) is 0 Å². The fraction of sp³-hybridized carbons (Fsp3) is 0.917. The summed E-state index contributed by atoms with van der Waals surface area (Å²) in [6.07, 6.45) is 7.55. The molecule has 1 unspecified atom stereocenters. The lowest BCUT2D eigenvalue weighted by atomic mass is 10.0. The molecule has 1 saturated carbocycles. The van der Waals surface area contributed by atoms with Crippen LogP contribution in [0.25, 0.3) is 0 Å². The highest BCUT2D eigenvalue weighted by Crippen LogP contribution is 2.26. The molecule has 15 heavy (non-hydrogen) atoms. The number of piperidine rings is 1. The van der Waals surface area contributed by atoms with Crippen LogP contribution in [0, 0.1) is 5.92 Å². The quantitative estimate of drug-likeness (QED) is 0.763. The summed E-state index contributed by atoms with van der Waals surface area (Å²) in [4.78, 5) is 14.1. The van der Waals surface area contributed by atoms with E-state index >= 15 is 0 Å². The zero-order valence-corrected chi connectivity index (χ0v) is 9.67. The number of likely N-dealkylation sites (tertiary alicyclic amines) is 1. The van der Waals surface area contributed by atoms with Gasteiger partial charge in [-0.25, -0.2) is 0 Å². The third-order valence-corrected chi connectivity index (χ3v) is 3.83. The van der Waals surface area contributed by atoms with Gasteiger partial charge in [-0.2, -0.15) is 0 Å². The molecule has 0 spiro atoms. The largest absolute Gasteiger partial charge is 0.341 e. The van der Waals surface area contributed by atoms with Crippen molar-refractivity contribution in [1.82, 2.24) is 10.2 Å². The molecule has 1 saturated heterocycles. The number of rotatable bonds is 3. The lowest BCUT2D eigenvalue weighted by Gasteiger charge is -2.33. The van der Waals surface area contributed by atoms with Crippen LogP contribution in [0.15, 0.2) is 0 Å². The highest BCUT2D eigenvalue weighted by molar-refractivity contribution is 5.82. The van der Waals surface area contributed by atoms with Crippen LogP contribution in [-0.2, 0) is 4.79 Å². The normalized spacial score (nSPS) is 28.7. The molecule has 2 fully saturated rings. The van der Waals surface area contributed by atoms with Crippen LogP contribution < -0.4 is 5.32 Å². The molecular formula is C12H22N2O. The highest BCUT2D eigenvalue weighted by Gasteiger charge is 2.29. The lowest BCUT2D eigenvalue weighted by Crippen LogP contribution is -2.50. The Morgan fingerprint density at radius 3 is 2.67 bits per heavy atom. The van der Waals surface area contributed by atoms with E-state index in [0.717, 1.165) is 31.8 Å². The first-order valence-corrected chi connectivity index (χ1v) is 6.27. The molecule has 1 aliphatic carbocycles. The molecule has 1 heterocycles. The first-order chi connectivity index (χ1) is 7.31. The predicted molar refractivity (Wildman–Crippen MR) is 60.6 cm³/mol. The third-order valence-electron chi connectivity index (χ3n) is 3.83. The standard InChI is InChI=1S/C12H22N2O/c1-13-11-7-4-8-14(12(11)15)9-10-5-2-3-6-10/h10-11,13H,2-9H2,1H3. The minimum atomic E-state index is 0.0835. The van der Waals surface area contributed by atoms with Crippen molar-refractivity contribution in [3.63, 3.8) is 0 Å². The maximum atomic E-state index is 12.0. The zero-order valence-electron chi connectivity index (χ0n) is 9.67. The molecule has 1 amide bonds. The molecule has 0 aromatic carbocycles. The molecular weight excluding hydrogens is 188 g/mol. The summed E-state index contributed by atoms with van der Waals surface area (Å²) in [5.74, 6) is 1.11. The summed E-state index contributed by atoms with van der Waals surface area (Å²) < 4.78 is 0. The summed E-state index contributed by atoms with van der Waals surface area (Å²) in [6, 6.07) is 0.0835. The van der Waals surface area contributed by atoms with E-state index in [2.05, 4.69) is 10.2 Å². The van der Waals surface area contributed by atoms with Gasteiger partial charge in [-0.1, -0.05) is 12.8 Å². The summed E-state index contributed by atoms with van der Waals surface area (Å²) in [6.45, 7) is 1.99. The van der Waals surface area contributed by atoms with Crippen molar-refractivity contribution in [2.45, 2.75) is 44.6 Å². The van der Waals surface area contributed by atoms with Crippen LogP contribution in [0.3, 0.4) is 0 Å². The minimum absolute atomic E-state index is 0.0835. The molecule has 1 atom stereocenters. The van der Waals surface area contributed by atoms with E-state index in [1.807, 2.05) is 7.05 Å². The molecule has 3 heteroatoms. The number of carbonyl (C=O) groups excluding carboxylic acids is 1. The monoisotopic (exact) mass is 210 g/mol. The maximum Gasteiger partial charge on any atom is 0.239 e. The van der Waals surface area contributed by atoms with E-state index in [4.69, 9.17) is 0 Å². The molecule has 2 aliphatic rings. The van der Waals surface area contributed by atoms with Gasteiger partial charge in [0.2, 0.25) is 5.91 Å². The number of amides is 1. The van der Waals surface area contributed by atoms with Gasteiger partial charge < -0.3 is 10.2 Å². The second kappa shape index (κ2) is 4.97. The Morgan fingerprint density at radius 2 is 2.00 bits per heavy atom. The number of carbonyl (C=O) groups is 1. The number of nitrogens with zero attached hydrogens (tertiary/aromatic N) is 1. The Balaban J connectivity index is 1.87. The summed E-state index contributed by atoms with van der Waals surface area (Å²) in [5.41, 5.74) is 0. The van der Waals surface area contributed by atoms with Gasteiger partial charge in [0.1, 0.15) is 0 Å². The smallest absolute Gasteiger partial charge is 0.239 e. The molecule has 0 bridgehead atoms. The topological polar surface area (TPSA) is 32.3 Å². The Kier molecular flexibility index (Phi) is 3.62. The van der Waals surface area contributed by atoms with Gasteiger partial charge >= 0.3 is 0 Å². The number of hydrogen-bond donors (Lipinski definition) is 1. The van der Waals surface area contributed by atoms with Gasteiger partial charge in [-0.3, -0.25) is 4.79 Å². The van der Waals surface area contributed by atoms with Crippen molar-refractivity contribution in [3.8, 4) is 0 Å². The van der Waals surface area contributed by atoms with Gasteiger partial charge in [0, 0.05) is 13.1 Å². The van der Waals surface area contributed by atoms with Gasteiger partial charge in [0.05, 0.1) is 6.04 Å². The van der Waals surface area contributed by atoms with E-state index < -0.39 is 0 Å². The predicted octanol–water partition coefficient (Wildman–Crippen LogP) is 1.39. The number of nitrogens with one attached hydrogen (secondary N) is 1. The van der Waals surface area contributed by atoms with E-state index in [-0.39, 0.29) is 6.04 Å². The van der Waals surface area contributed by atoms with Crippen LogP contribution in [0.4, 0.5) is 0 Å². The van der Waals surface area contributed by atoms with Crippen molar-refractivity contribution in [1.29, 1.82) is 0 Å². The van der Waals surface area contributed by atoms with Gasteiger partial charge in [0.15, 0.2) is 0 Å². The van der Waals surface area contributed by atoms with Crippen LogP contribution in [0.1, 0.15) is 38.5 Å². The van der Waals surface area contributed by atoms with Crippen LogP contribution >= 0.6 is 0 Å². The molecule has 0 aromatic rings. The maximum absolute atomic E-state index is 12.0. The Bertz CT molecular complexity index is 224. The second-order valence-corrected chi connectivity index (χ2v) is 4.92. The second-order valence-electron chi connectivity index (χ2n) is 4.92.